The number of fused-ring (bicyclic) bond motifs is 6. The topological polar surface area (TPSA) is 341 Å². The van der Waals surface area contributed by atoms with Crippen molar-refractivity contribution in [2.45, 2.75) is 78.6 Å². The van der Waals surface area contributed by atoms with Crippen molar-refractivity contribution in [1.82, 2.24) is 89.4 Å². The average Bonchev–Trinajstić information content (AvgIpc) is 1.01. The molecule has 0 aliphatic carbocycles. The van der Waals surface area contributed by atoms with Gasteiger partial charge in [-0.2, -0.15) is 20.1 Å². The third-order valence-corrected chi connectivity index (χ3v) is 20.8. The molecule has 29 nitrogen and oxygen atoms in total. The summed E-state index contributed by atoms with van der Waals surface area (Å²) < 4.78 is 20.3. The maximum Gasteiger partial charge on any atom is 0.346 e. The average molecular weight is 1670 g/mol. The van der Waals surface area contributed by atoms with E-state index in [2.05, 4.69) is 109 Å². The van der Waals surface area contributed by atoms with Gasteiger partial charge in [0.1, 0.15) is 17.2 Å². The Kier molecular flexibility index (Phi) is 25.3. The van der Waals surface area contributed by atoms with Crippen molar-refractivity contribution in [3.63, 3.8) is 0 Å². The van der Waals surface area contributed by atoms with Crippen LogP contribution in [0.1, 0.15) is 141 Å². The molecule has 126 heavy (non-hydrogen) atoms. The highest BCUT2D eigenvalue weighted by Crippen LogP contribution is 2.30. The molecule has 5 amide bonds. The summed E-state index contributed by atoms with van der Waals surface area (Å²) in [7, 11) is 0. The summed E-state index contributed by atoms with van der Waals surface area (Å²) >= 11 is 0. The van der Waals surface area contributed by atoms with Gasteiger partial charge in [-0.15, -0.1) is 0 Å². The van der Waals surface area contributed by atoms with Gasteiger partial charge in [0.15, 0.2) is 22.7 Å². The van der Waals surface area contributed by atoms with Crippen LogP contribution in [0.2, 0.25) is 0 Å². The normalized spacial score (nSPS) is 12.7. The smallest absolute Gasteiger partial charge is 0.346 e. The number of nitrogens with zero attached hydrogens (tertiary/aromatic N) is 13. The molecule has 4 atom stereocenters. The molecule has 1 aliphatic heterocycles. The summed E-state index contributed by atoms with van der Waals surface area (Å²) in [5.41, 5.74) is 9.73. The van der Waals surface area contributed by atoms with E-state index in [0.717, 1.165) is 35.2 Å². The van der Waals surface area contributed by atoms with Gasteiger partial charge in [-0.05, 0) is 167 Å². The minimum Gasteiger partial charge on any atom is -0.475 e. The van der Waals surface area contributed by atoms with E-state index in [9.17, 15) is 38.4 Å². The van der Waals surface area contributed by atoms with Crippen molar-refractivity contribution in [1.29, 1.82) is 0 Å². The summed E-state index contributed by atoms with van der Waals surface area (Å²) in [6.07, 6.45) is 13.2. The molecule has 10 aromatic heterocycles. The fourth-order valence-corrected chi connectivity index (χ4v) is 14.9. The van der Waals surface area contributed by atoms with Crippen LogP contribution in [0.3, 0.4) is 0 Å². The van der Waals surface area contributed by atoms with Crippen molar-refractivity contribution in [3.8, 4) is 52.6 Å². The Morgan fingerprint density at radius 1 is 0.508 bits per heavy atom. The summed E-state index contributed by atoms with van der Waals surface area (Å²) in [5.74, 6) is 16.5. The second-order valence-electron chi connectivity index (χ2n) is 29.3. The first-order chi connectivity index (χ1) is 61.2. The molecule has 1 fully saturated rings. The van der Waals surface area contributed by atoms with E-state index in [1.54, 1.807) is 109 Å². The maximum atomic E-state index is 14.2. The van der Waals surface area contributed by atoms with Crippen LogP contribution in [0.4, 0.5) is 5.88 Å². The molecular weight excluding hydrogens is 1590 g/mol. The predicted molar refractivity (Wildman–Crippen MR) is 478 cm³/mol. The molecule has 0 spiro atoms. The molecule has 1 aliphatic rings. The van der Waals surface area contributed by atoms with E-state index in [4.69, 9.17) is 15.7 Å². The molecule has 0 radical (unpaired) electrons. The van der Waals surface area contributed by atoms with E-state index < -0.39 is 24.1 Å². The quantitative estimate of drug-likeness (QED) is 0.0343. The molecule has 0 saturated carbocycles. The van der Waals surface area contributed by atoms with Crippen LogP contribution in [0, 0.1) is 55.9 Å². The molecule has 0 unspecified atom stereocenters. The largest absolute Gasteiger partial charge is 0.475 e. The summed E-state index contributed by atoms with van der Waals surface area (Å²) in [6, 6.07) is 56.9. The number of furan rings is 1. The highest BCUT2D eigenvalue weighted by Gasteiger charge is 2.28. The van der Waals surface area contributed by atoms with Gasteiger partial charge in [-0.25, -0.2) is 28.5 Å². The Bertz CT molecular complexity index is 7400. The fourth-order valence-electron chi connectivity index (χ4n) is 14.9. The Morgan fingerprint density at radius 3 is 1.35 bits per heavy atom. The number of para-hydroxylation sites is 3. The van der Waals surface area contributed by atoms with E-state index in [-0.39, 0.29) is 77.6 Å². The minimum absolute atomic E-state index is 0.00484. The van der Waals surface area contributed by atoms with Crippen molar-refractivity contribution >= 4 is 90.4 Å². The van der Waals surface area contributed by atoms with Gasteiger partial charge in [-0.1, -0.05) is 133 Å². The summed E-state index contributed by atoms with van der Waals surface area (Å²) in [4.78, 5) is 121. The lowest BCUT2D eigenvalue weighted by Gasteiger charge is -2.22. The number of aromatic nitrogens is 12. The van der Waals surface area contributed by atoms with Crippen LogP contribution in [-0.4, -0.2) is 119 Å². The number of nitrogens with one attached hydrogen (secondary N) is 6. The van der Waals surface area contributed by atoms with Gasteiger partial charge in [-0.3, -0.25) is 52.1 Å². The molecular formula is C97H81N19O10. The van der Waals surface area contributed by atoms with Crippen molar-refractivity contribution in [3.05, 3.63) is 354 Å². The number of hydrogen-bond donors (Lipinski definition) is 6. The number of carbonyl (C=O) groups excluding carboxylic acids is 5. The van der Waals surface area contributed by atoms with Gasteiger partial charge in [0.05, 0.1) is 83.6 Å². The van der Waals surface area contributed by atoms with Crippen LogP contribution in [0.5, 0.6) is 0 Å². The number of aryl methyl sites for hydroxylation is 2. The molecule has 17 rings (SSSR count). The molecule has 6 N–H and O–H groups in total. The lowest BCUT2D eigenvalue weighted by molar-refractivity contribution is -0.129. The number of amides is 5. The molecule has 0 bridgehead atoms. The van der Waals surface area contributed by atoms with Crippen LogP contribution in [0.15, 0.2) is 263 Å². The molecule has 1 saturated heterocycles. The number of carbonyl (C=O) groups is 5. The highest BCUT2D eigenvalue weighted by atomic mass is 16.5. The Labute approximate surface area is 720 Å². The molecule has 624 valence electrons. The first kappa shape index (κ1) is 84.1. The number of rotatable bonds is 18. The fraction of sp³-hybridized carbons (Fsp3) is 0.165. The van der Waals surface area contributed by atoms with E-state index in [0.29, 0.717) is 118 Å². The van der Waals surface area contributed by atoms with Gasteiger partial charge in [0.25, 0.3) is 34.4 Å². The van der Waals surface area contributed by atoms with E-state index in [1.165, 1.54) is 19.1 Å². The maximum absolute atomic E-state index is 14.2. The number of pyridine rings is 3. The van der Waals surface area contributed by atoms with Gasteiger partial charge >= 0.3 is 5.88 Å². The Balaban J connectivity index is 0.000000146. The van der Waals surface area contributed by atoms with Crippen molar-refractivity contribution in [2.24, 2.45) is 0 Å². The summed E-state index contributed by atoms with van der Waals surface area (Å²) in [5, 5.41) is 34.3. The molecule has 6 aromatic carbocycles. The van der Waals surface area contributed by atoms with Crippen LogP contribution >= 0.6 is 0 Å². The lowest BCUT2D eigenvalue weighted by atomic mass is 10.0. The Hall–Kier alpha value is -16.9. The molecule has 29 heteroatoms. The number of hydrogen-bond acceptors (Lipinski definition) is 17. The second kappa shape index (κ2) is 37.8. The van der Waals surface area contributed by atoms with E-state index in [1.807, 2.05) is 179 Å². The van der Waals surface area contributed by atoms with Crippen LogP contribution in [-0.2, 0) is 14.3 Å². The van der Waals surface area contributed by atoms with E-state index >= 15 is 0 Å². The Morgan fingerprint density at radius 2 is 0.929 bits per heavy atom. The number of benzene rings is 6. The predicted octanol–water partition coefficient (Wildman–Crippen LogP) is 12.1. The number of ether oxygens (including phenoxy) is 1. The zero-order valence-corrected chi connectivity index (χ0v) is 69.2. The highest BCUT2D eigenvalue weighted by molar-refractivity contribution is 6.02. The molecule has 11 heterocycles. The third-order valence-electron chi connectivity index (χ3n) is 20.8. The van der Waals surface area contributed by atoms with Crippen molar-refractivity contribution in [2.75, 3.05) is 26.2 Å². The van der Waals surface area contributed by atoms with Crippen LogP contribution in [0.25, 0.3) is 76.9 Å². The first-order valence-corrected chi connectivity index (χ1v) is 40.3. The first-order valence-electron chi connectivity index (χ1n) is 40.3. The van der Waals surface area contributed by atoms with Crippen molar-refractivity contribution < 1.29 is 33.1 Å². The molecule has 16 aromatic rings. The standard InChI is InChI=1S/C34H25N7O4.C33H30N6O3.C30H26N6O3/c1-21(38-33(43)29-22(2)39-40-19-9-18-36-31(29)40)26-20-24-11-7-10-23(30(24)34(44)41(26)25-13-5-4-6-14-25)12-8-17-37-32(42)27-15-16-28(35-3)45-27;1-22(27-21-36-38-18-9-17-34-31(27)38)37-23(2)28-20-25-11-6-10-24(12-7-16-35-32(40)29-15-8-19-42-29)30(25)33(41)39(28)26-13-4-3-5-14-26;1-19(33-29(38)26-20(2)34-35-17-9-16-32-28(26)35)25-18-23-11-7-10-22(12-8-15-31-21(3)37)27(23)30(39)36(25)24-13-5-4-6-14-24/h4-7,9-11,13-16,18-21H,17H2,1-2H3,(H,37,42)(H,38,43);3-6,9-11,13-14,17-18,20-21,23,29,37H,1,8,15-16,19H2,2H3,(H,35,40);4-7,9-11,13-14,16-19H,15H2,1-3H3,(H,31,37)(H,33,38)/t21-;23-,29-;19-/m000/s1. The van der Waals surface area contributed by atoms with Crippen LogP contribution < -0.4 is 48.6 Å². The zero-order valence-electron chi connectivity index (χ0n) is 69.2. The van der Waals surface area contributed by atoms with Gasteiger partial charge in [0.2, 0.25) is 11.8 Å². The second-order valence-corrected chi connectivity index (χ2v) is 29.3. The minimum atomic E-state index is -0.581. The SMILES string of the molecule is C=C(N[C@@H](C)c1cc2cccc(C#CCNC(=O)[C@@H]3CCCO3)c2c(=O)n1-c1ccccc1)c1cnn2cccnc12.CC(=O)NCC#Cc1cccc2cc([C@H](C)NC(=O)c3c(C)nn4cccnc34)n(-c3ccccc3)c(=O)c12.[C-]#[N+]c1ccc(C(=O)NCC#Cc2cccc3cc([C@H](C)NC(=O)c4c(C)nn5cccnc45)n(-c4ccccc4)c(=O)c23)o1. The third kappa shape index (κ3) is 18.1. The summed E-state index contributed by atoms with van der Waals surface area (Å²) in [6.45, 7) is 22.7. The van der Waals surface area contributed by atoms with Gasteiger partial charge < -0.3 is 41.1 Å². The monoisotopic (exact) mass is 1670 g/mol. The zero-order chi connectivity index (χ0) is 88.1. The lowest BCUT2D eigenvalue weighted by Crippen LogP contribution is -2.34. The van der Waals surface area contributed by atoms with Gasteiger partial charge in [0, 0.05) is 107 Å².